The second-order valence-corrected chi connectivity index (χ2v) is 7.27. The molecule has 1 aliphatic rings. The van der Waals surface area contributed by atoms with Gasteiger partial charge in [0.1, 0.15) is 11.3 Å². The van der Waals surface area contributed by atoms with Gasteiger partial charge in [-0.3, -0.25) is 9.59 Å². The molecule has 4 rings (SSSR count). The van der Waals surface area contributed by atoms with E-state index in [0.717, 1.165) is 16.7 Å². The molecule has 0 saturated carbocycles. The SMILES string of the molecule is COCCN1C(=O)c2oc3cc(C)c(C)cc3c(=O)c2C1c1ccc(OC)cc1. The molecule has 1 aliphatic heterocycles. The van der Waals surface area contributed by atoms with E-state index >= 15 is 0 Å². The number of fused-ring (bicyclic) bond motifs is 2. The van der Waals surface area contributed by atoms with Crippen molar-refractivity contribution >= 4 is 16.9 Å². The highest BCUT2D eigenvalue weighted by atomic mass is 16.5. The second kappa shape index (κ2) is 7.37. The Labute approximate surface area is 168 Å². The van der Waals surface area contributed by atoms with Crippen molar-refractivity contribution in [1.29, 1.82) is 0 Å². The van der Waals surface area contributed by atoms with Crippen LogP contribution in [0.5, 0.6) is 5.75 Å². The van der Waals surface area contributed by atoms with Crippen LogP contribution in [0.4, 0.5) is 0 Å². The van der Waals surface area contributed by atoms with Crippen LogP contribution < -0.4 is 10.2 Å². The van der Waals surface area contributed by atoms with E-state index in [0.29, 0.717) is 35.4 Å². The number of amides is 1. The predicted octanol–water partition coefficient (Wildman–Crippen LogP) is 3.61. The highest BCUT2D eigenvalue weighted by molar-refractivity contribution is 5.99. The number of hydrogen-bond acceptors (Lipinski definition) is 5. The van der Waals surface area contributed by atoms with Gasteiger partial charge in [0, 0.05) is 13.7 Å². The minimum absolute atomic E-state index is 0.114. The molecule has 0 aliphatic carbocycles. The van der Waals surface area contributed by atoms with E-state index in [2.05, 4.69) is 0 Å². The largest absolute Gasteiger partial charge is 0.497 e. The summed E-state index contributed by atoms with van der Waals surface area (Å²) in [5.41, 5.74) is 3.49. The van der Waals surface area contributed by atoms with Crippen LogP contribution in [0.3, 0.4) is 0 Å². The van der Waals surface area contributed by atoms with E-state index in [1.165, 1.54) is 0 Å². The van der Waals surface area contributed by atoms with Crippen LogP contribution in [-0.2, 0) is 4.74 Å². The van der Waals surface area contributed by atoms with E-state index in [-0.39, 0.29) is 17.1 Å². The molecule has 6 heteroatoms. The van der Waals surface area contributed by atoms with Gasteiger partial charge in [0.05, 0.1) is 30.7 Å². The zero-order valence-electron chi connectivity index (χ0n) is 16.9. The molecule has 0 bridgehead atoms. The summed E-state index contributed by atoms with van der Waals surface area (Å²) in [5, 5.41) is 0.492. The Bertz CT molecular complexity index is 1150. The summed E-state index contributed by atoms with van der Waals surface area (Å²) >= 11 is 0. The monoisotopic (exact) mass is 393 g/mol. The topological polar surface area (TPSA) is 69.0 Å². The molecule has 150 valence electrons. The van der Waals surface area contributed by atoms with Crippen LogP contribution in [0.2, 0.25) is 0 Å². The molecule has 0 saturated heterocycles. The third-order valence-corrected chi connectivity index (χ3v) is 5.55. The van der Waals surface area contributed by atoms with Gasteiger partial charge in [-0.1, -0.05) is 12.1 Å². The molecule has 1 amide bonds. The maximum Gasteiger partial charge on any atom is 0.290 e. The Morgan fingerprint density at radius 1 is 1.03 bits per heavy atom. The lowest BCUT2D eigenvalue weighted by molar-refractivity contribution is 0.0663. The number of nitrogens with zero attached hydrogens (tertiary/aromatic N) is 1. The Hall–Kier alpha value is -3.12. The maximum atomic E-state index is 13.5. The van der Waals surface area contributed by atoms with Gasteiger partial charge in [0.25, 0.3) is 5.91 Å². The molecule has 3 aromatic rings. The fourth-order valence-corrected chi connectivity index (χ4v) is 3.83. The number of aryl methyl sites for hydroxylation is 2. The van der Waals surface area contributed by atoms with E-state index in [1.54, 1.807) is 19.1 Å². The standard InChI is InChI=1S/C23H23NO5/c1-13-11-17-18(12-14(13)2)29-22-19(21(17)25)20(24(23(22)26)9-10-27-3)15-5-7-16(28-4)8-6-15/h5-8,11-12,20H,9-10H2,1-4H3. The Balaban J connectivity index is 1.95. The summed E-state index contributed by atoms with van der Waals surface area (Å²) < 4.78 is 16.4. The van der Waals surface area contributed by atoms with Gasteiger partial charge >= 0.3 is 0 Å². The van der Waals surface area contributed by atoms with Gasteiger partial charge in [-0.25, -0.2) is 0 Å². The molecule has 0 radical (unpaired) electrons. The molecule has 2 heterocycles. The van der Waals surface area contributed by atoms with Crippen molar-refractivity contribution in [2.45, 2.75) is 19.9 Å². The third-order valence-electron chi connectivity index (χ3n) is 5.55. The molecule has 0 spiro atoms. The smallest absolute Gasteiger partial charge is 0.290 e. The van der Waals surface area contributed by atoms with Crippen molar-refractivity contribution in [2.24, 2.45) is 0 Å². The van der Waals surface area contributed by atoms with E-state index in [9.17, 15) is 9.59 Å². The van der Waals surface area contributed by atoms with Gasteiger partial charge in [-0.15, -0.1) is 0 Å². The number of carbonyl (C=O) groups excluding carboxylic acids is 1. The van der Waals surface area contributed by atoms with E-state index < -0.39 is 6.04 Å². The molecular formula is C23H23NO5. The number of benzene rings is 2. The van der Waals surface area contributed by atoms with Gasteiger partial charge in [-0.2, -0.15) is 0 Å². The average molecular weight is 393 g/mol. The fourth-order valence-electron chi connectivity index (χ4n) is 3.83. The lowest BCUT2D eigenvalue weighted by Crippen LogP contribution is -2.32. The molecule has 6 nitrogen and oxygen atoms in total. The first-order valence-corrected chi connectivity index (χ1v) is 9.48. The number of carbonyl (C=O) groups is 1. The zero-order chi connectivity index (χ0) is 20.7. The highest BCUT2D eigenvalue weighted by Crippen LogP contribution is 2.38. The van der Waals surface area contributed by atoms with Crippen molar-refractivity contribution in [1.82, 2.24) is 4.90 Å². The number of hydrogen-bond donors (Lipinski definition) is 0. The lowest BCUT2D eigenvalue weighted by atomic mass is 9.97. The van der Waals surface area contributed by atoms with Crippen molar-refractivity contribution in [3.05, 3.63) is 74.6 Å². The molecule has 0 fully saturated rings. The predicted molar refractivity (Wildman–Crippen MR) is 110 cm³/mol. The highest BCUT2D eigenvalue weighted by Gasteiger charge is 2.42. The summed E-state index contributed by atoms with van der Waals surface area (Å²) in [4.78, 5) is 28.3. The summed E-state index contributed by atoms with van der Waals surface area (Å²) in [6.07, 6.45) is 0. The van der Waals surface area contributed by atoms with Crippen LogP contribution >= 0.6 is 0 Å². The summed E-state index contributed by atoms with van der Waals surface area (Å²) in [7, 11) is 3.18. The second-order valence-electron chi connectivity index (χ2n) is 7.27. The van der Waals surface area contributed by atoms with Crippen molar-refractivity contribution < 1.29 is 18.7 Å². The van der Waals surface area contributed by atoms with Crippen molar-refractivity contribution in [2.75, 3.05) is 27.4 Å². The van der Waals surface area contributed by atoms with Gasteiger partial charge in [0.2, 0.25) is 5.76 Å². The first kappa shape index (κ1) is 19.2. The van der Waals surface area contributed by atoms with Crippen molar-refractivity contribution in [3.63, 3.8) is 0 Å². The molecule has 1 aromatic heterocycles. The fraction of sp³-hybridized carbons (Fsp3) is 0.304. The van der Waals surface area contributed by atoms with Crippen LogP contribution in [0.15, 0.2) is 45.6 Å². The van der Waals surface area contributed by atoms with Crippen LogP contribution in [0, 0.1) is 13.8 Å². The molecular weight excluding hydrogens is 370 g/mol. The maximum absolute atomic E-state index is 13.5. The normalized spacial score (nSPS) is 15.8. The van der Waals surface area contributed by atoms with Crippen LogP contribution in [-0.4, -0.2) is 38.2 Å². The van der Waals surface area contributed by atoms with E-state index in [4.69, 9.17) is 13.9 Å². The quantitative estimate of drug-likeness (QED) is 0.662. The Morgan fingerprint density at radius 3 is 2.38 bits per heavy atom. The van der Waals surface area contributed by atoms with Gasteiger partial charge in [0.15, 0.2) is 5.43 Å². The first-order chi connectivity index (χ1) is 14.0. The third kappa shape index (κ3) is 3.09. The molecule has 0 N–H and O–H groups in total. The minimum atomic E-state index is -0.527. The molecule has 1 unspecified atom stereocenters. The van der Waals surface area contributed by atoms with Crippen LogP contribution in [0.1, 0.15) is 38.9 Å². The van der Waals surface area contributed by atoms with Crippen molar-refractivity contribution in [3.8, 4) is 5.75 Å². The van der Waals surface area contributed by atoms with Gasteiger partial charge in [-0.05, 0) is 54.8 Å². The number of rotatable bonds is 5. The summed E-state index contributed by atoms with van der Waals surface area (Å²) in [6, 6.07) is 10.5. The Kier molecular flexibility index (Phi) is 4.88. The van der Waals surface area contributed by atoms with Gasteiger partial charge < -0.3 is 18.8 Å². The summed E-state index contributed by atoms with van der Waals surface area (Å²) in [6.45, 7) is 4.62. The molecule has 2 aromatic carbocycles. The average Bonchev–Trinajstić information content (AvgIpc) is 3.00. The van der Waals surface area contributed by atoms with E-state index in [1.807, 2.05) is 50.2 Å². The summed E-state index contributed by atoms with van der Waals surface area (Å²) in [5.74, 6) is 0.524. The first-order valence-electron chi connectivity index (χ1n) is 9.48. The minimum Gasteiger partial charge on any atom is -0.497 e. The zero-order valence-corrected chi connectivity index (χ0v) is 16.9. The molecule has 29 heavy (non-hydrogen) atoms. The van der Waals surface area contributed by atoms with Crippen LogP contribution in [0.25, 0.3) is 11.0 Å². The lowest BCUT2D eigenvalue weighted by Gasteiger charge is -2.24. The number of ether oxygens (including phenoxy) is 2. The number of methoxy groups -OCH3 is 2. The molecule has 1 atom stereocenters. The Morgan fingerprint density at radius 2 is 1.72 bits per heavy atom.